The molecule has 0 heterocycles. The normalized spacial score (nSPS) is 9.45. The van der Waals surface area contributed by atoms with E-state index in [1.165, 1.54) is 19.2 Å². The SMILES string of the molecule is C#CCN(CC(=O)O)C(=O)Nc1ccc(F)c(OC)c1. The quantitative estimate of drug-likeness (QED) is 0.799. The molecule has 0 unspecified atom stereocenters. The van der Waals surface area contributed by atoms with Gasteiger partial charge in [-0.15, -0.1) is 6.42 Å². The number of carbonyl (C=O) groups is 2. The molecule has 0 bridgehead atoms. The minimum Gasteiger partial charge on any atom is -0.494 e. The predicted molar refractivity (Wildman–Crippen MR) is 70.0 cm³/mol. The first-order chi connectivity index (χ1) is 9.47. The van der Waals surface area contributed by atoms with E-state index < -0.39 is 24.4 Å². The van der Waals surface area contributed by atoms with Gasteiger partial charge in [0, 0.05) is 11.8 Å². The van der Waals surface area contributed by atoms with Gasteiger partial charge in [0.05, 0.1) is 13.7 Å². The van der Waals surface area contributed by atoms with Crippen LogP contribution in [0.25, 0.3) is 0 Å². The number of benzene rings is 1. The zero-order valence-electron chi connectivity index (χ0n) is 10.7. The highest BCUT2D eigenvalue weighted by molar-refractivity contribution is 5.91. The largest absolute Gasteiger partial charge is 0.494 e. The highest BCUT2D eigenvalue weighted by Crippen LogP contribution is 2.21. The van der Waals surface area contributed by atoms with Gasteiger partial charge in [-0.1, -0.05) is 5.92 Å². The summed E-state index contributed by atoms with van der Waals surface area (Å²) in [4.78, 5) is 23.4. The van der Waals surface area contributed by atoms with Gasteiger partial charge in [0.15, 0.2) is 11.6 Å². The van der Waals surface area contributed by atoms with Gasteiger partial charge in [-0.3, -0.25) is 4.79 Å². The summed E-state index contributed by atoms with van der Waals surface area (Å²) in [6, 6.07) is 3.03. The average Bonchev–Trinajstić information content (AvgIpc) is 2.40. The Morgan fingerprint density at radius 2 is 2.25 bits per heavy atom. The molecule has 0 atom stereocenters. The summed E-state index contributed by atoms with van der Waals surface area (Å²) in [5.74, 6) is 0.391. The van der Waals surface area contributed by atoms with Crippen LogP contribution in [0.4, 0.5) is 14.9 Å². The van der Waals surface area contributed by atoms with Crippen molar-refractivity contribution in [2.24, 2.45) is 0 Å². The van der Waals surface area contributed by atoms with Crippen LogP contribution in [0.5, 0.6) is 5.75 Å². The van der Waals surface area contributed by atoms with Gasteiger partial charge in [-0.25, -0.2) is 9.18 Å². The molecule has 0 saturated heterocycles. The fourth-order valence-electron chi connectivity index (χ4n) is 1.41. The Balaban J connectivity index is 2.82. The van der Waals surface area contributed by atoms with Gasteiger partial charge in [-0.05, 0) is 12.1 Å². The fourth-order valence-corrected chi connectivity index (χ4v) is 1.41. The molecule has 0 aliphatic carbocycles. The molecule has 0 radical (unpaired) electrons. The van der Waals surface area contributed by atoms with Crippen molar-refractivity contribution < 1.29 is 23.8 Å². The molecule has 20 heavy (non-hydrogen) atoms. The molecule has 1 rings (SSSR count). The van der Waals surface area contributed by atoms with Crippen LogP contribution in [-0.2, 0) is 4.79 Å². The van der Waals surface area contributed by atoms with Gasteiger partial charge >= 0.3 is 12.0 Å². The van der Waals surface area contributed by atoms with E-state index in [0.29, 0.717) is 0 Å². The molecular weight excluding hydrogens is 267 g/mol. The first kappa shape index (κ1) is 15.3. The van der Waals surface area contributed by atoms with Crippen LogP contribution < -0.4 is 10.1 Å². The molecule has 2 amide bonds. The Hall–Kier alpha value is -2.75. The summed E-state index contributed by atoms with van der Waals surface area (Å²) >= 11 is 0. The van der Waals surface area contributed by atoms with Gasteiger partial charge in [0.2, 0.25) is 0 Å². The van der Waals surface area contributed by atoms with Crippen LogP contribution in [0.3, 0.4) is 0 Å². The molecular formula is C13H13FN2O4. The number of rotatable bonds is 5. The van der Waals surface area contributed by atoms with Crippen LogP contribution in [0, 0.1) is 18.2 Å². The Labute approximate surface area is 115 Å². The number of carboxylic acids is 1. The molecule has 0 spiro atoms. The van der Waals surface area contributed by atoms with E-state index >= 15 is 0 Å². The number of methoxy groups -OCH3 is 1. The lowest BCUT2D eigenvalue weighted by atomic mass is 10.3. The van der Waals surface area contributed by atoms with Crippen molar-refractivity contribution in [3.8, 4) is 18.1 Å². The lowest BCUT2D eigenvalue weighted by Crippen LogP contribution is -2.39. The molecule has 1 aromatic rings. The second-order valence-electron chi connectivity index (χ2n) is 3.73. The average molecular weight is 280 g/mol. The first-order valence-electron chi connectivity index (χ1n) is 5.52. The second kappa shape index (κ2) is 6.99. The lowest BCUT2D eigenvalue weighted by Gasteiger charge is -2.18. The van der Waals surface area contributed by atoms with Crippen molar-refractivity contribution in [1.29, 1.82) is 0 Å². The monoisotopic (exact) mass is 280 g/mol. The van der Waals surface area contributed by atoms with E-state index in [2.05, 4.69) is 11.2 Å². The first-order valence-corrected chi connectivity index (χ1v) is 5.52. The Kier molecular flexibility index (Phi) is 5.35. The van der Waals surface area contributed by atoms with Crippen molar-refractivity contribution >= 4 is 17.7 Å². The number of anilines is 1. The number of terminal acetylenes is 1. The molecule has 6 nitrogen and oxygen atoms in total. The van der Waals surface area contributed by atoms with E-state index in [1.807, 2.05) is 0 Å². The number of aliphatic carboxylic acids is 1. The van der Waals surface area contributed by atoms with Crippen molar-refractivity contribution in [3.05, 3.63) is 24.0 Å². The van der Waals surface area contributed by atoms with Crippen molar-refractivity contribution in [2.75, 3.05) is 25.5 Å². The molecule has 7 heteroatoms. The number of nitrogens with one attached hydrogen (secondary N) is 1. The molecule has 106 valence electrons. The smallest absolute Gasteiger partial charge is 0.323 e. The van der Waals surface area contributed by atoms with Crippen LogP contribution in [0.1, 0.15) is 0 Å². The van der Waals surface area contributed by atoms with Crippen LogP contribution >= 0.6 is 0 Å². The number of amides is 2. The summed E-state index contributed by atoms with van der Waals surface area (Å²) in [7, 11) is 1.29. The fraction of sp³-hybridized carbons (Fsp3) is 0.231. The summed E-state index contributed by atoms with van der Waals surface area (Å²) < 4.78 is 18.0. The number of halogens is 1. The number of nitrogens with zero attached hydrogens (tertiary/aromatic N) is 1. The second-order valence-corrected chi connectivity index (χ2v) is 3.73. The number of carboxylic acid groups (broad SMARTS) is 1. The third kappa shape index (κ3) is 4.17. The molecule has 2 N–H and O–H groups in total. The molecule has 0 aliphatic heterocycles. The Morgan fingerprint density at radius 1 is 1.55 bits per heavy atom. The number of ether oxygens (including phenoxy) is 1. The van der Waals surface area contributed by atoms with E-state index in [0.717, 1.165) is 11.0 Å². The topological polar surface area (TPSA) is 78.9 Å². The number of urea groups is 1. The highest BCUT2D eigenvalue weighted by atomic mass is 19.1. The minimum atomic E-state index is -1.19. The van der Waals surface area contributed by atoms with Crippen LogP contribution in [0.15, 0.2) is 18.2 Å². The predicted octanol–water partition coefficient (Wildman–Crippen LogP) is 1.39. The van der Waals surface area contributed by atoms with E-state index in [9.17, 15) is 14.0 Å². The zero-order valence-corrected chi connectivity index (χ0v) is 10.7. The highest BCUT2D eigenvalue weighted by Gasteiger charge is 2.16. The van der Waals surface area contributed by atoms with E-state index in [1.54, 1.807) is 0 Å². The molecule has 0 saturated carbocycles. The maximum absolute atomic E-state index is 13.2. The third-order valence-electron chi connectivity index (χ3n) is 2.30. The summed E-state index contributed by atoms with van der Waals surface area (Å²) in [5.41, 5.74) is 0.265. The number of hydrogen-bond donors (Lipinski definition) is 2. The van der Waals surface area contributed by atoms with Crippen LogP contribution in [0.2, 0.25) is 0 Å². The van der Waals surface area contributed by atoms with Gasteiger partial charge in [-0.2, -0.15) is 0 Å². The Morgan fingerprint density at radius 3 is 2.80 bits per heavy atom. The van der Waals surface area contributed by atoms with Crippen molar-refractivity contribution in [1.82, 2.24) is 4.90 Å². The number of hydrogen-bond acceptors (Lipinski definition) is 3. The van der Waals surface area contributed by atoms with Crippen molar-refractivity contribution in [3.63, 3.8) is 0 Å². The summed E-state index contributed by atoms with van der Waals surface area (Å²) in [6.45, 7) is -0.690. The van der Waals surface area contributed by atoms with E-state index in [4.69, 9.17) is 16.3 Å². The van der Waals surface area contributed by atoms with E-state index in [-0.39, 0.29) is 18.0 Å². The minimum absolute atomic E-state index is 0.0375. The summed E-state index contributed by atoms with van der Waals surface area (Å²) in [6.07, 6.45) is 5.07. The maximum Gasteiger partial charge on any atom is 0.323 e. The standard InChI is InChI=1S/C13H13FN2O4/c1-3-6-16(8-12(17)18)13(19)15-9-4-5-10(14)11(7-9)20-2/h1,4-5,7H,6,8H2,2H3,(H,15,19)(H,17,18). The molecule has 1 aromatic carbocycles. The molecule has 0 aromatic heterocycles. The third-order valence-corrected chi connectivity index (χ3v) is 2.30. The van der Waals surface area contributed by atoms with Gasteiger partial charge in [0.25, 0.3) is 0 Å². The Bertz CT molecular complexity index is 554. The van der Waals surface area contributed by atoms with Gasteiger partial charge in [0.1, 0.15) is 6.54 Å². The van der Waals surface area contributed by atoms with Crippen molar-refractivity contribution in [2.45, 2.75) is 0 Å². The summed E-state index contributed by atoms with van der Waals surface area (Å²) in [5, 5.41) is 11.1. The number of carbonyl (C=O) groups excluding carboxylic acids is 1. The maximum atomic E-state index is 13.2. The van der Waals surface area contributed by atoms with Gasteiger partial charge < -0.3 is 20.1 Å². The molecule has 0 aliphatic rings. The van der Waals surface area contributed by atoms with Crippen LogP contribution in [-0.4, -0.2) is 42.2 Å². The molecule has 0 fully saturated rings. The lowest BCUT2D eigenvalue weighted by molar-refractivity contribution is -0.137. The zero-order chi connectivity index (χ0) is 15.1.